The molecule has 2 nitrogen and oxygen atoms in total. The van der Waals surface area contributed by atoms with Crippen LogP contribution in [0.4, 0.5) is 0 Å². The molecule has 1 aliphatic heterocycles. The first kappa shape index (κ1) is 14.2. The van der Waals surface area contributed by atoms with Gasteiger partial charge in [0, 0.05) is 22.5 Å². The number of benzene rings is 1. The van der Waals surface area contributed by atoms with Crippen LogP contribution in [0, 0.1) is 0 Å². The van der Waals surface area contributed by atoms with Crippen molar-refractivity contribution in [2.24, 2.45) is 0 Å². The van der Waals surface area contributed by atoms with E-state index in [0.29, 0.717) is 6.10 Å². The summed E-state index contributed by atoms with van der Waals surface area (Å²) in [6.07, 6.45) is 4.99. The maximum atomic E-state index is 5.95. The molecule has 0 aliphatic carbocycles. The second kappa shape index (κ2) is 7.37. The van der Waals surface area contributed by atoms with Gasteiger partial charge in [0.05, 0.1) is 12.7 Å². The summed E-state index contributed by atoms with van der Waals surface area (Å²) in [5.74, 6) is 0.920. The molecule has 0 N–H and O–H groups in total. The molecule has 18 heavy (non-hydrogen) atoms. The minimum absolute atomic E-state index is 0.453. The lowest BCUT2D eigenvalue weighted by molar-refractivity contribution is 0.0981. The molecule has 1 saturated heterocycles. The van der Waals surface area contributed by atoms with Gasteiger partial charge in [0.15, 0.2) is 0 Å². The summed E-state index contributed by atoms with van der Waals surface area (Å²) < 4.78 is 11.4. The van der Waals surface area contributed by atoms with E-state index < -0.39 is 0 Å². The van der Waals surface area contributed by atoms with Crippen LogP contribution < -0.4 is 4.74 Å². The minimum Gasteiger partial charge on any atom is -0.493 e. The summed E-state index contributed by atoms with van der Waals surface area (Å²) in [7, 11) is 0. The average Bonchev–Trinajstić information content (AvgIpc) is 2.89. The lowest BCUT2D eigenvalue weighted by atomic mass is 10.1. The molecule has 1 aliphatic rings. The van der Waals surface area contributed by atoms with Crippen molar-refractivity contribution in [3.05, 3.63) is 28.8 Å². The first-order valence-corrected chi connectivity index (χ1v) is 7.88. The Morgan fingerprint density at radius 1 is 1.44 bits per heavy atom. The first-order chi connectivity index (χ1) is 8.79. The summed E-state index contributed by atoms with van der Waals surface area (Å²) in [5, 5.41) is 1.51. The Hall–Kier alpha value is -0.250. The van der Waals surface area contributed by atoms with Crippen LogP contribution >= 0.6 is 27.5 Å². The van der Waals surface area contributed by atoms with Crippen LogP contribution in [0.15, 0.2) is 18.2 Å². The molecule has 0 amide bonds. The van der Waals surface area contributed by atoms with Gasteiger partial charge < -0.3 is 9.47 Å². The van der Waals surface area contributed by atoms with Crippen LogP contribution in [0.1, 0.15) is 31.2 Å². The van der Waals surface area contributed by atoms with Gasteiger partial charge in [-0.2, -0.15) is 0 Å². The molecular formula is C14H18BrClO2. The van der Waals surface area contributed by atoms with Gasteiger partial charge in [-0.3, -0.25) is 0 Å². The first-order valence-electron chi connectivity index (χ1n) is 6.38. The molecular weight excluding hydrogens is 316 g/mol. The van der Waals surface area contributed by atoms with Crippen molar-refractivity contribution in [3.8, 4) is 5.75 Å². The summed E-state index contributed by atoms with van der Waals surface area (Å²) in [6.45, 7) is 1.66. The highest BCUT2D eigenvalue weighted by Gasteiger charge is 2.14. The summed E-state index contributed by atoms with van der Waals surface area (Å²) in [4.78, 5) is 0. The van der Waals surface area contributed by atoms with Gasteiger partial charge in [0.1, 0.15) is 5.75 Å². The van der Waals surface area contributed by atoms with Gasteiger partial charge in [0.25, 0.3) is 0 Å². The molecule has 0 saturated carbocycles. The summed E-state index contributed by atoms with van der Waals surface area (Å²) >= 11 is 9.40. The SMILES string of the molecule is Clc1ccc(OCCCC2CCCO2)c(CBr)c1. The molecule has 1 heterocycles. The van der Waals surface area contributed by atoms with Crippen LogP contribution in [0.5, 0.6) is 5.75 Å². The van der Waals surface area contributed by atoms with Crippen LogP contribution in [0.2, 0.25) is 5.02 Å². The fraction of sp³-hybridized carbons (Fsp3) is 0.571. The Labute approximate surface area is 122 Å². The normalized spacial score (nSPS) is 19.1. The molecule has 0 aromatic heterocycles. The van der Waals surface area contributed by atoms with Crippen LogP contribution in [0.3, 0.4) is 0 Å². The largest absolute Gasteiger partial charge is 0.493 e. The third kappa shape index (κ3) is 4.15. The highest BCUT2D eigenvalue weighted by molar-refractivity contribution is 9.08. The standard InChI is InChI=1S/C14H18BrClO2/c15-10-11-9-12(16)5-6-14(11)18-8-2-4-13-3-1-7-17-13/h5-6,9,13H,1-4,7-8,10H2. The van der Waals surface area contributed by atoms with E-state index in [1.165, 1.54) is 12.8 Å². The number of ether oxygens (including phenoxy) is 2. The number of hydrogen-bond donors (Lipinski definition) is 0. The molecule has 1 aromatic carbocycles. The molecule has 1 atom stereocenters. The van der Waals surface area contributed by atoms with E-state index in [1.807, 2.05) is 18.2 Å². The highest BCUT2D eigenvalue weighted by atomic mass is 79.9. The quantitative estimate of drug-likeness (QED) is 0.560. The van der Waals surface area contributed by atoms with E-state index in [4.69, 9.17) is 21.1 Å². The zero-order chi connectivity index (χ0) is 12.8. The Bertz CT molecular complexity index is 378. The van der Waals surface area contributed by atoms with Crippen molar-refractivity contribution in [1.82, 2.24) is 0 Å². The lowest BCUT2D eigenvalue weighted by Crippen LogP contribution is -2.08. The van der Waals surface area contributed by atoms with Gasteiger partial charge in [-0.1, -0.05) is 27.5 Å². The van der Waals surface area contributed by atoms with Gasteiger partial charge in [0.2, 0.25) is 0 Å². The molecule has 2 rings (SSSR count). The molecule has 100 valence electrons. The van der Waals surface area contributed by atoms with Crippen LogP contribution in [-0.4, -0.2) is 19.3 Å². The number of rotatable bonds is 6. The fourth-order valence-electron chi connectivity index (χ4n) is 2.16. The third-order valence-electron chi connectivity index (χ3n) is 3.12. The van der Waals surface area contributed by atoms with Gasteiger partial charge in [-0.15, -0.1) is 0 Å². The minimum atomic E-state index is 0.453. The topological polar surface area (TPSA) is 18.5 Å². The van der Waals surface area contributed by atoms with Gasteiger partial charge >= 0.3 is 0 Å². The van der Waals surface area contributed by atoms with E-state index in [1.54, 1.807) is 0 Å². The third-order valence-corrected chi connectivity index (χ3v) is 3.96. The molecule has 1 fully saturated rings. The van der Waals surface area contributed by atoms with Crippen molar-refractivity contribution in [2.75, 3.05) is 13.2 Å². The number of alkyl halides is 1. The Kier molecular flexibility index (Phi) is 5.80. The van der Waals surface area contributed by atoms with E-state index in [0.717, 1.165) is 47.7 Å². The van der Waals surface area contributed by atoms with Crippen molar-refractivity contribution in [2.45, 2.75) is 37.1 Å². The number of halogens is 2. The predicted molar refractivity (Wildman–Crippen MR) is 77.8 cm³/mol. The molecule has 0 spiro atoms. The monoisotopic (exact) mass is 332 g/mol. The van der Waals surface area contributed by atoms with Crippen molar-refractivity contribution in [1.29, 1.82) is 0 Å². The smallest absolute Gasteiger partial charge is 0.123 e. The molecule has 0 bridgehead atoms. The Morgan fingerprint density at radius 3 is 3.06 bits per heavy atom. The average molecular weight is 334 g/mol. The van der Waals surface area contributed by atoms with Crippen molar-refractivity contribution in [3.63, 3.8) is 0 Å². The Morgan fingerprint density at radius 2 is 2.33 bits per heavy atom. The maximum absolute atomic E-state index is 5.95. The second-order valence-corrected chi connectivity index (χ2v) is 5.51. The zero-order valence-corrected chi connectivity index (χ0v) is 12.7. The Balaban J connectivity index is 1.75. The molecule has 1 aromatic rings. The molecule has 1 unspecified atom stereocenters. The molecule has 0 radical (unpaired) electrons. The van der Waals surface area contributed by atoms with E-state index in [9.17, 15) is 0 Å². The fourth-order valence-corrected chi connectivity index (χ4v) is 2.79. The van der Waals surface area contributed by atoms with E-state index in [2.05, 4.69) is 15.9 Å². The lowest BCUT2D eigenvalue weighted by Gasteiger charge is -2.12. The maximum Gasteiger partial charge on any atom is 0.123 e. The van der Waals surface area contributed by atoms with E-state index >= 15 is 0 Å². The zero-order valence-electron chi connectivity index (χ0n) is 10.3. The highest BCUT2D eigenvalue weighted by Crippen LogP contribution is 2.25. The van der Waals surface area contributed by atoms with Gasteiger partial charge in [-0.25, -0.2) is 0 Å². The van der Waals surface area contributed by atoms with E-state index in [-0.39, 0.29) is 0 Å². The van der Waals surface area contributed by atoms with Crippen molar-refractivity contribution >= 4 is 27.5 Å². The second-order valence-electron chi connectivity index (χ2n) is 4.51. The van der Waals surface area contributed by atoms with Crippen molar-refractivity contribution < 1.29 is 9.47 Å². The molecule has 4 heteroatoms. The summed E-state index contributed by atoms with van der Waals surface area (Å²) in [5.41, 5.74) is 1.10. The summed E-state index contributed by atoms with van der Waals surface area (Å²) in [6, 6.07) is 5.74. The van der Waals surface area contributed by atoms with Crippen LogP contribution in [-0.2, 0) is 10.1 Å². The van der Waals surface area contributed by atoms with Crippen LogP contribution in [0.25, 0.3) is 0 Å². The van der Waals surface area contributed by atoms with Gasteiger partial charge in [-0.05, 0) is 43.9 Å². The predicted octanol–water partition coefficient (Wildman–Crippen LogP) is 4.57. The number of hydrogen-bond acceptors (Lipinski definition) is 2.